The Morgan fingerprint density at radius 3 is 2.43 bits per heavy atom. The number of carbonyl (C=O) groups excluding carboxylic acids is 2. The van der Waals surface area contributed by atoms with Crippen molar-refractivity contribution in [2.45, 2.75) is 24.8 Å². The van der Waals surface area contributed by atoms with Crippen LogP contribution < -0.4 is 11.1 Å². The van der Waals surface area contributed by atoms with Gasteiger partial charge >= 0.3 is 0 Å². The second-order valence-electron chi connectivity index (χ2n) is 7.32. The second kappa shape index (κ2) is 7.62. The molecule has 0 radical (unpaired) electrons. The summed E-state index contributed by atoms with van der Waals surface area (Å²) in [5, 5.41) is 2.96. The van der Waals surface area contributed by atoms with Crippen LogP contribution in [0, 0.1) is 11.6 Å². The van der Waals surface area contributed by atoms with Gasteiger partial charge in [-0.3, -0.25) is 9.59 Å². The number of hydrogen-bond acceptors (Lipinski definition) is 4. The lowest BCUT2D eigenvalue weighted by molar-refractivity contribution is 0.0894. The van der Waals surface area contributed by atoms with E-state index in [0.29, 0.717) is 29.5 Å². The molecular formula is C22H18F2N4O2. The van der Waals surface area contributed by atoms with E-state index in [1.54, 1.807) is 24.3 Å². The summed E-state index contributed by atoms with van der Waals surface area (Å²) >= 11 is 0. The summed E-state index contributed by atoms with van der Waals surface area (Å²) in [7, 11) is 0. The minimum Gasteiger partial charge on any atom is -0.366 e. The third kappa shape index (κ3) is 3.63. The van der Waals surface area contributed by atoms with E-state index in [0.717, 1.165) is 11.6 Å². The molecule has 0 spiro atoms. The van der Waals surface area contributed by atoms with Crippen molar-refractivity contribution in [3.05, 3.63) is 94.6 Å². The first-order valence-electron chi connectivity index (χ1n) is 9.33. The van der Waals surface area contributed by atoms with Crippen molar-refractivity contribution in [2.24, 2.45) is 5.73 Å². The van der Waals surface area contributed by atoms with Crippen LogP contribution in [0.2, 0.25) is 0 Å². The lowest BCUT2D eigenvalue weighted by Crippen LogP contribution is -2.46. The smallest absolute Gasteiger partial charge is 0.255 e. The predicted molar refractivity (Wildman–Crippen MR) is 105 cm³/mol. The molecule has 2 amide bonds. The van der Waals surface area contributed by atoms with Gasteiger partial charge in [0.05, 0.1) is 11.1 Å². The van der Waals surface area contributed by atoms with Crippen LogP contribution in [0.5, 0.6) is 0 Å². The lowest BCUT2D eigenvalue weighted by atomic mass is 9.84. The summed E-state index contributed by atoms with van der Waals surface area (Å²) in [4.78, 5) is 31.9. The Hall–Kier alpha value is -3.68. The van der Waals surface area contributed by atoms with Crippen LogP contribution in [0.3, 0.4) is 0 Å². The van der Waals surface area contributed by atoms with Gasteiger partial charge in [-0.25, -0.2) is 18.7 Å². The average Bonchev–Trinajstić information content (AvgIpc) is 3.07. The highest BCUT2D eigenvalue weighted by atomic mass is 19.1. The lowest BCUT2D eigenvalue weighted by Gasteiger charge is -2.32. The molecule has 8 heteroatoms. The van der Waals surface area contributed by atoms with Crippen molar-refractivity contribution in [3.63, 3.8) is 0 Å². The number of nitrogens with zero attached hydrogens (tertiary/aromatic N) is 2. The van der Waals surface area contributed by atoms with Crippen molar-refractivity contribution in [2.75, 3.05) is 0 Å². The number of amides is 2. The van der Waals surface area contributed by atoms with Gasteiger partial charge in [-0.2, -0.15) is 0 Å². The SMILES string of the molecule is NC(=O)c1ccc(C[C@]2(NC(=O)c3cncnc3)CCc3c(F)cc(F)cc32)cc1. The minimum atomic E-state index is -1.03. The van der Waals surface area contributed by atoms with Crippen molar-refractivity contribution in [1.82, 2.24) is 15.3 Å². The normalized spacial score (nSPS) is 17.4. The molecule has 3 N–H and O–H groups in total. The zero-order valence-electron chi connectivity index (χ0n) is 15.9. The number of hydrogen-bond donors (Lipinski definition) is 2. The Bertz CT molecular complexity index is 1120. The number of benzene rings is 2. The van der Waals surface area contributed by atoms with Crippen LogP contribution in [0.4, 0.5) is 8.78 Å². The molecule has 0 bridgehead atoms. The van der Waals surface area contributed by atoms with Crippen LogP contribution in [0.1, 0.15) is 43.8 Å². The summed E-state index contributed by atoms with van der Waals surface area (Å²) in [5.41, 5.74) is 6.42. The standard InChI is InChI=1S/C22H18F2N4O2/c23-16-7-18-17(19(24)8-16)5-6-22(18,28-21(30)15-10-26-12-27-11-15)9-13-1-3-14(4-2-13)20(25)29/h1-4,7-8,10-12H,5-6,9H2,(H2,25,29)(H,28,30)/t22-/m1/s1. The van der Waals surface area contributed by atoms with Gasteiger partial charge < -0.3 is 11.1 Å². The van der Waals surface area contributed by atoms with Crippen molar-refractivity contribution >= 4 is 11.8 Å². The van der Waals surface area contributed by atoms with E-state index in [1.807, 2.05) is 0 Å². The molecule has 30 heavy (non-hydrogen) atoms. The number of nitrogens with two attached hydrogens (primary N) is 1. The fourth-order valence-electron chi connectivity index (χ4n) is 3.96. The summed E-state index contributed by atoms with van der Waals surface area (Å²) in [5.74, 6) is -2.34. The maximum absolute atomic E-state index is 14.4. The number of fused-ring (bicyclic) bond motifs is 1. The van der Waals surface area contributed by atoms with E-state index in [2.05, 4.69) is 15.3 Å². The number of aromatic nitrogens is 2. The Morgan fingerprint density at radius 1 is 1.07 bits per heavy atom. The molecule has 4 rings (SSSR count). The Kier molecular flexibility index (Phi) is 4.99. The first kappa shape index (κ1) is 19.6. The van der Waals surface area contributed by atoms with Crippen molar-refractivity contribution < 1.29 is 18.4 Å². The fraction of sp³-hybridized carbons (Fsp3) is 0.182. The Labute approximate surface area is 171 Å². The van der Waals surface area contributed by atoms with E-state index in [9.17, 15) is 18.4 Å². The molecule has 0 unspecified atom stereocenters. The molecule has 0 saturated carbocycles. The first-order chi connectivity index (χ1) is 14.4. The average molecular weight is 408 g/mol. The Balaban J connectivity index is 1.75. The van der Waals surface area contributed by atoms with Crippen LogP contribution in [0.15, 0.2) is 55.1 Å². The van der Waals surface area contributed by atoms with Crippen molar-refractivity contribution in [1.29, 1.82) is 0 Å². The number of halogens is 2. The first-order valence-corrected chi connectivity index (χ1v) is 9.33. The molecule has 1 aromatic heterocycles. The molecule has 0 aliphatic heterocycles. The molecule has 1 atom stereocenters. The highest BCUT2D eigenvalue weighted by Crippen LogP contribution is 2.41. The maximum atomic E-state index is 14.4. The molecule has 0 saturated heterocycles. The molecule has 1 aliphatic rings. The van der Waals surface area contributed by atoms with Crippen LogP contribution in [-0.2, 0) is 18.4 Å². The van der Waals surface area contributed by atoms with Crippen LogP contribution >= 0.6 is 0 Å². The van der Waals surface area contributed by atoms with E-state index in [-0.39, 0.29) is 12.0 Å². The Morgan fingerprint density at radius 2 is 1.77 bits per heavy atom. The molecule has 152 valence electrons. The van der Waals surface area contributed by atoms with Gasteiger partial charge in [-0.1, -0.05) is 12.1 Å². The number of carbonyl (C=O) groups is 2. The topological polar surface area (TPSA) is 98.0 Å². The van der Waals surface area contributed by atoms with Crippen molar-refractivity contribution in [3.8, 4) is 0 Å². The molecule has 0 fully saturated rings. The van der Waals surface area contributed by atoms with Gasteiger partial charge in [0.2, 0.25) is 5.91 Å². The molecule has 2 aromatic carbocycles. The van der Waals surface area contributed by atoms with Gasteiger partial charge in [-0.15, -0.1) is 0 Å². The van der Waals surface area contributed by atoms with Crippen LogP contribution in [0.25, 0.3) is 0 Å². The van der Waals surface area contributed by atoms with E-state index < -0.39 is 29.0 Å². The van der Waals surface area contributed by atoms with E-state index in [1.165, 1.54) is 24.8 Å². The summed E-state index contributed by atoms with van der Waals surface area (Å²) in [6.45, 7) is 0. The second-order valence-corrected chi connectivity index (χ2v) is 7.32. The number of primary amides is 1. The van der Waals surface area contributed by atoms with Gasteiger partial charge in [0, 0.05) is 24.0 Å². The zero-order valence-corrected chi connectivity index (χ0v) is 15.9. The number of nitrogens with one attached hydrogen (secondary N) is 1. The molecule has 6 nitrogen and oxygen atoms in total. The molecule has 3 aromatic rings. The van der Waals surface area contributed by atoms with E-state index in [4.69, 9.17) is 5.73 Å². The highest BCUT2D eigenvalue weighted by molar-refractivity contribution is 5.94. The number of rotatable bonds is 5. The summed E-state index contributed by atoms with van der Waals surface area (Å²) < 4.78 is 28.5. The maximum Gasteiger partial charge on any atom is 0.255 e. The monoisotopic (exact) mass is 408 g/mol. The third-order valence-corrected chi connectivity index (χ3v) is 5.40. The summed E-state index contributed by atoms with van der Waals surface area (Å²) in [6, 6.07) is 8.72. The molecule has 1 aliphatic carbocycles. The zero-order chi connectivity index (χ0) is 21.3. The molecule has 1 heterocycles. The minimum absolute atomic E-state index is 0.242. The third-order valence-electron chi connectivity index (χ3n) is 5.40. The summed E-state index contributed by atoms with van der Waals surface area (Å²) in [6.07, 6.45) is 5.08. The fourth-order valence-corrected chi connectivity index (χ4v) is 3.96. The van der Waals surface area contributed by atoms with Gasteiger partial charge in [0.1, 0.15) is 18.0 Å². The molecular weight excluding hydrogens is 390 g/mol. The highest BCUT2D eigenvalue weighted by Gasteiger charge is 2.42. The quantitative estimate of drug-likeness (QED) is 0.678. The van der Waals surface area contributed by atoms with Gasteiger partial charge in [0.15, 0.2) is 0 Å². The largest absolute Gasteiger partial charge is 0.366 e. The van der Waals surface area contributed by atoms with Gasteiger partial charge in [-0.05, 0) is 54.2 Å². The predicted octanol–water partition coefficient (Wildman–Crippen LogP) is 2.67. The van der Waals surface area contributed by atoms with E-state index >= 15 is 0 Å². The van der Waals surface area contributed by atoms with Gasteiger partial charge in [0.25, 0.3) is 5.91 Å². The van der Waals surface area contributed by atoms with Crippen LogP contribution in [-0.4, -0.2) is 21.8 Å².